The summed E-state index contributed by atoms with van der Waals surface area (Å²) in [6, 6.07) is 24.8. The Morgan fingerprint density at radius 2 is 1.46 bits per heavy atom. The van der Waals surface area contributed by atoms with Gasteiger partial charge in [-0.15, -0.1) is 0 Å². The van der Waals surface area contributed by atoms with Crippen molar-refractivity contribution >= 4 is 23.0 Å². The Kier molecular flexibility index (Phi) is 4.60. The summed E-state index contributed by atoms with van der Waals surface area (Å²) in [4.78, 5) is 25.4. The minimum absolute atomic E-state index is 0.0194. The fourth-order valence-corrected chi connectivity index (χ4v) is 3.24. The van der Waals surface area contributed by atoms with Gasteiger partial charge >= 0.3 is 0 Å². The van der Waals surface area contributed by atoms with Crippen molar-refractivity contribution in [3.8, 4) is 0 Å². The third kappa shape index (κ3) is 3.35. The molecule has 138 valence electrons. The summed E-state index contributed by atoms with van der Waals surface area (Å²) in [6.07, 6.45) is 1.85. The fraction of sp³-hybridized carbons (Fsp3) is 0.0455. The number of benzene rings is 3. The molecule has 1 aliphatic heterocycles. The number of non-ortho nitro benzene ring substituents is 1. The number of hydrogen-bond acceptors (Lipinski definition) is 4. The number of hydrogen-bond donors (Lipinski definition) is 1. The van der Waals surface area contributed by atoms with Crippen molar-refractivity contribution in [1.29, 1.82) is 0 Å². The summed E-state index contributed by atoms with van der Waals surface area (Å²) < 4.78 is 0. The molecule has 6 heteroatoms. The van der Waals surface area contributed by atoms with Crippen molar-refractivity contribution in [2.45, 2.75) is 6.04 Å². The van der Waals surface area contributed by atoms with Crippen LogP contribution in [0.15, 0.2) is 96.7 Å². The van der Waals surface area contributed by atoms with E-state index in [-0.39, 0.29) is 17.6 Å². The van der Waals surface area contributed by atoms with E-state index in [9.17, 15) is 14.9 Å². The van der Waals surface area contributed by atoms with Gasteiger partial charge < -0.3 is 5.32 Å². The Balaban J connectivity index is 1.72. The molecule has 1 heterocycles. The SMILES string of the molecule is O=C1C(Nc2ccccc2)=C[C@H](c2ccc([N+](=O)[O-])cc2)N1c1ccccc1. The van der Waals surface area contributed by atoms with Crippen molar-refractivity contribution in [3.05, 3.63) is 112 Å². The van der Waals surface area contributed by atoms with E-state index in [4.69, 9.17) is 0 Å². The molecule has 0 saturated carbocycles. The number of nitro groups is 1. The summed E-state index contributed by atoms with van der Waals surface area (Å²) in [6.45, 7) is 0. The smallest absolute Gasteiger partial charge is 0.275 e. The van der Waals surface area contributed by atoms with E-state index >= 15 is 0 Å². The standard InChI is InChI=1S/C22H17N3O3/c26-22-20(23-17-7-3-1-4-8-17)15-21(24(22)18-9-5-2-6-10-18)16-11-13-19(14-12-16)25(27)28/h1-15,21,23H/t21-/m1/s1. The molecule has 4 rings (SSSR count). The molecule has 0 unspecified atom stereocenters. The number of nitro benzene ring substituents is 1. The number of nitrogens with zero attached hydrogens (tertiary/aromatic N) is 2. The highest BCUT2D eigenvalue weighted by molar-refractivity contribution is 6.11. The lowest BCUT2D eigenvalue weighted by Crippen LogP contribution is -2.30. The van der Waals surface area contributed by atoms with Crippen molar-refractivity contribution in [2.75, 3.05) is 10.2 Å². The second-order valence-corrected chi connectivity index (χ2v) is 6.38. The van der Waals surface area contributed by atoms with Crippen LogP contribution < -0.4 is 10.2 Å². The third-order valence-corrected chi connectivity index (χ3v) is 4.58. The molecule has 1 atom stereocenters. The molecule has 0 spiro atoms. The fourth-order valence-electron chi connectivity index (χ4n) is 3.24. The molecule has 3 aromatic carbocycles. The van der Waals surface area contributed by atoms with E-state index in [0.717, 1.165) is 16.9 Å². The van der Waals surface area contributed by atoms with Crippen LogP contribution in [-0.2, 0) is 4.79 Å². The number of nitrogens with one attached hydrogen (secondary N) is 1. The molecule has 28 heavy (non-hydrogen) atoms. The predicted octanol–water partition coefficient (Wildman–Crippen LogP) is 4.68. The lowest BCUT2D eigenvalue weighted by atomic mass is 10.1. The highest BCUT2D eigenvalue weighted by Crippen LogP contribution is 2.36. The van der Waals surface area contributed by atoms with E-state index in [1.807, 2.05) is 66.7 Å². The first-order valence-electron chi connectivity index (χ1n) is 8.80. The van der Waals surface area contributed by atoms with Crippen LogP contribution in [-0.4, -0.2) is 10.8 Å². The zero-order valence-electron chi connectivity index (χ0n) is 14.9. The minimum Gasteiger partial charge on any atom is -0.351 e. The first kappa shape index (κ1) is 17.5. The summed E-state index contributed by atoms with van der Waals surface area (Å²) in [5.41, 5.74) is 2.87. The predicted molar refractivity (Wildman–Crippen MR) is 108 cm³/mol. The second kappa shape index (κ2) is 7.36. The summed E-state index contributed by atoms with van der Waals surface area (Å²) in [5.74, 6) is -0.154. The maximum Gasteiger partial charge on any atom is 0.275 e. The van der Waals surface area contributed by atoms with Crippen molar-refractivity contribution in [2.24, 2.45) is 0 Å². The van der Waals surface area contributed by atoms with Gasteiger partial charge in [-0.1, -0.05) is 36.4 Å². The molecule has 1 N–H and O–H groups in total. The molecule has 0 bridgehead atoms. The van der Waals surface area contributed by atoms with Gasteiger partial charge in [0.15, 0.2) is 0 Å². The van der Waals surface area contributed by atoms with Gasteiger partial charge in [-0.3, -0.25) is 19.8 Å². The maximum atomic E-state index is 13.2. The molecule has 0 aromatic heterocycles. The van der Waals surface area contributed by atoms with Gasteiger partial charge in [-0.05, 0) is 48.0 Å². The number of rotatable bonds is 5. The molecule has 0 radical (unpaired) electrons. The van der Waals surface area contributed by atoms with E-state index in [2.05, 4.69) is 5.32 Å². The van der Waals surface area contributed by atoms with Crippen LogP contribution in [0.5, 0.6) is 0 Å². The van der Waals surface area contributed by atoms with Gasteiger partial charge in [-0.25, -0.2) is 0 Å². The average Bonchev–Trinajstić information content (AvgIpc) is 3.05. The topological polar surface area (TPSA) is 75.5 Å². The Hall–Kier alpha value is -3.93. The van der Waals surface area contributed by atoms with Crippen LogP contribution in [0.2, 0.25) is 0 Å². The van der Waals surface area contributed by atoms with Gasteiger partial charge in [0, 0.05) is 23.5 Å². The summed E-state index contributed by atoms with van der Waals surface area (Å²) >= 11 is 0. The highest BCUT2D eigenvalue weighted by Gasteiger charge is 2.34. The minimum atomic E-state index is -0.434. The summed E-state index contributed by atoms with van der Waals surface area (Å²) in [7, 11) is 0. The van der Waals surface area contributed by atoms with Gasteiger partial charge in [0.2, 0.25) is 0 Å². The van der Waals surface area contributed by atoms with Crippen LogP contribution in [0.1, 0.15) is 11.6 Å². The van der Waals surface area contributed by atoms with Crippen LogP contribution in [0.25, 0.3) is 0 Å². The molecule has 3 aromatic rings. The van der Waals surface area contributed by atoms with E-state index in [1.165, 1.54) is 12.1 Å². The first-order chi connectivity index (χ1) is 13.6. The molecule has 0 fully saturated rings. The van der Waals surface area contributed by atoms with Crippen LogP contribution in [0.3, 0.4) is 0 Å². The van der Waals surface area contributed by atoms with Crippen molar-refractivity contribution in [1.82, 2.24) is 0 Å². The summed E-state index contributed by atoms with van der Waals surface area (Å²) in [5, 5.41) is 14.1. The Labute approximate surface area is 161 Å². The quantitative estimate of drug-likeness (QED) is 0.522. The van der Waals surface area contributed by atoms with E-state index in [1.54, 1.807) is 17.0 Å². The number of amides is 1. The molecular formula is C22H17N3O3. The number of anilines is 2. The van der Waals surface area contributed by atoms with E-state index in [0.29, 0.717) is 5.70 Å². The van der Waals surface area contributed by atoms with Gasteiger partial charge in [0.05, 0.1) is 11.0 Å². The van der Waals surface area contributed by atoms with Crippen molar-refractivity contribution in [3.63, 3.8) is 0 Å². The molecule has 6 nitrogen and oxygen atoms in total. The molecule has 0 saturated heterocycles. The van der Waals surface area contributed by atoms with Crippen LogP contribution in [0, 0.1) is 10.1 Å². The Morgan fingerprint density at radius 3 is 2.07 bits per heavy atom. The molecule has 1 amide bonds. The zero-order valence-corrected chi connectivity index (χ0v) is 14.9. The molecule has 1 aliphatic rings. The van der Waals surface area contributed by atoms with Gasteiger partial charge in [0.1, 0.15) is 5.70 Å². The van der Waals surface area contributed by atoms with Crippen LogP contribution in [0.4, 0.5) is 17.1 Å². The van der Waals surface area contributed by atoms with Crippen LogP contribution >= 0.6 is 0 Å². The average molecular weight is 371 g/mol. The Morgan fingerprint density at radius 1 is 0.857 bits per heavy atom. The number of carbonyl (C=O) groups is 1. The van der Waals surface area contributed by atoms with Gasteiger partial charge in [-0.2, -0.15) is 0 Å². The lowest BCUT2D eigenvalue weighted by Gasteiger charge is -2.25. The number of carbonyl (C=O) groups excluding carboxylic acids is 1. The second-order valence-electron chi connectivity index (χ2n) is 6.38. The molecular weight excluding hydrogens is 354 g/mol. The first-order valence-corrected chi connectivity index (χ1v) is 8.80. The third-order valence-electron chi connectivity index (χ3n) is 4.58. The highest BCUT2D eigenvalue weighted by atomic mass is 16.6. The van der Waals surface area contributed by atoms with Gasteiger partial charge in [0.25, 0.3) is 11.6 Å². The monoisotopic (exact) mass is 371 g/mol. The number of para-hydroxylation sites is 2. The zero-order chi connectivity index (χ0) is 19.5. The van der Waals surface area contributed by atoms with Crippen molar-refractivity contribution < 1.29 is 9.72 Å². The Bertz CT molecular complexity index is 1030. The maximum absolute atomic E-state index is 13.2. The van der Waals surface area contributed by atoms with E-state index < -0.39 is 4.92 Å². The normalized spacial score (nSPS) is 16.0. The molecule has 0 aliphatic carbocycles. The largest absolute Gasteiger partial charge is 0.351 e. The lowest BCUT2D eigenvalue weighted by molar-refractivity contribution is -0.384.